The Bertz CT molecular complexity index is 1360. The SMILES string of the molecule is COc1cc2occ(CCCCN3CCN(c4cccc(NS(C)(=O)=O)c4)CC3)c(=O)c2cc1OC. The summed E-state index contributed by atoms with van der Waals surface area (Å²) in [5.74, 6) is 1.03. The fraction of sp³-hybridized carbons (Fsp3) is 0.423. The zero-order chi connectivity index (χ0) is 25.7. The highest BCUT2D eigenvalue weighted by Gasteiger charge is 2.18. The fourth-order valence-corrected chi connectivity index (χ4v) is 5.08. The number of hydrogen-bond acceptors (Lipinski definition) is 8. The second-order valence-corrected chi connectivity index (χ2v) is 10.8. The van der Waals surface area contributed by atoms with Crippen molar-refractivity contribution in [1.82, 2.24) is 4.90 Å². The number of hydrogen-bond donors (Lipinski definition) is 1. The van der Waals surface area contributed by atoms with E-state index in [1.54, 1.807) is 38.7 Å². The second kappa shape index (κ2) is 11.2. The Balaban J connectivity index is 1.27. The number of aryl methyl sites for hydroxylation is 1. The van der Waals surface area contributed by atoms with Gasteiger partial charge in [-0.3, -0.25) is 14.4 Å². The van der Waals surface area contributed by atoms with E-state index in [4.69, 9.17) is 13.9 Å². The van der Waals surface area contributed by atoms with Crippen molar-refractivity contribution in [2.75, 3.05) is 62.8 Å². The van der Waals surface area contributed by atoms with Gasteiger partial charge in [-0.25, -0.2) is 8.42 Å². The van der Waals surface area contributed by atoms with Crippen LogP contribution >= 0.6 is 0 Å². The number of fused-ring (bicyclic) bond motifs is 1. The van der Waals surface area contributed by atoms with Gasteiger partial charge in [-0.2, -0.15) is 0 Å². The number of benzene rings is 2. The Morgan fingerprint density at radius 1 is 1.00 bits per heavy atom. The highest BCUT2D eigenvalue weighted by atomic mass is 32.2. The van der Waals surface area contributed by atoms with Gasteiger partial charge in [0.2, 0.25) is 10.0 Å². The first kappa shape index (κ1) is 25.8. The lowest BCUT2D eigenvalue weighted by molar-refractivity contribution is 0.253. The Morgan fingerprint density at radius 2 is 1.72 bits per heavy atom. The van der Waals surface area contributed by atoms with Crippen LogP contribution in [-0.2, 0) is 16.4 Å². The Morgan fingerprint density at radius 3 is 2.42 bits per heavy atom. The van der Waals surface area contributed by atoms with Crippen molar-refractivity contribution in [1.29, 1.82) is 0 Å². The minimum Gasteiger partial charge on any atom is -0.493 e. The van der Waals surface area contributed by atoms with E-state index >= 15 is 0 Å². The van der Waals surface area contributed by atoms with Gasteiger partial charge in [0.15, 0.2) is 16.9 Å². The smallest absolute Gasteiger partial charge is 0.229 e. The van der Waals surface area contributed by atoms with Crippen LogP contribution in [0, 0.1) is 0 Å². The average molecular weight is 516 g/mol. The highest BCUT2D eigenvalue weighted by molar-refractivity contribution is 7.92. The van der Waals surface area contributed by atoms with Crippen molar-refractivity contribution >= 4 is 32.4 Å². The zero-order valence-corrected chi connectivity index (χ0v) is 21.8. The molecule has 0 amide bonds. The third kappa shape index (κ3) is 6.30. The van der Waals surface area contributed by atoms with Crippen LogP contribution < -0.4 is 24.5 Å². The van der Waals surface area contributed by atoms with Crippen LogP contribution in [0.15, 0.2) is 51.9 Å². The molecule has 194 valence electrons. The fourth-order valence-electron chi connectivity index (χ4n) is 4.53. The van der Waals surface area contributed by atoms with Gasteiger partial charge in [-0.15, -0.1) is 0 Å². The number of piperazine rings is 1. The standard InChI is InChI=1S/C26H33N3O6S/c1-33-24-16-22-23(17-25(24)34-2)35-18-19(26(22)30)7-4-5-10-28-11-13-29(14-12-28)21-9-6-8-20(15-21)27-36(3,31)32/h6,8-9,15-18,27H,4-5,7,10-14H2,1-3H3. The molecule has 2 heterocycles. The number of unbranched alkanes of at least 4 members (excludes halogenated alkanes) is 1. The maximum atomic E-state index is 13.0. The van der Waals surface area contributed by atoms with E-state index in [1.165, 1.54) is 0 Å². The van der Waals surface area contributed by atoms with Crippen molar-refractivity contribution < 1.29 is 22.3 Å². The van der Waals surface area contributed by atoms with E-state index < -0.39 is 10.0 Å². The quantitative estimate of drug-likeness (QED) is 0.411. The number of anilines is 2. The van der Waals surface area contributed by atoms with E-state index in [1.807, 2.05) is 18.2 Å². The molecule has 0 atom stereocenters. The van der Waals surface area contributed by atoms with E-state index in [0.29, 0.717) is 40.1 Å². The molecule has 1 saturated heterocycles. The predicted molar refractivity (Wildman–Crippen MR) is 142 cm³/mol. The first-order chi connectivity index (χ1) is 17.3. The van der Waals surface area contributed by atoms with Gasteiger partial charge in [0.05, 0.1) is 37.8 Å². The molecule has 1 fully saturated rings. The number of nitrogens with one attached hydrogen (secondary N) is 1. The molecular weight excluding hydrogens is 482 g/mol. The van der Waals surface area contributed by atoms with E-state index in [-0.39, 0.29) is 5.43 Å². The molecule has 2 aromatic carbocycles. The molecule has 0 bridgehead atoms. The second-order valence-electron chi connectivity index (χ2n) is 9.00. The topological polar surface area (TPSA) is 101 Å². The van der Waals surface area contributed by atoms with E-state index in [0.717, 1.165) is 57.5 Å². The van der Waals surface area contributed by atoms with Crippen molar-refractivity contribution in [3.05, 3.63) is 58.4 Å². The van der Waals surface area contributed by atoms with Crippen molar-refractivity contribution in [3.8, 4) is 11.5 Å². The summed E-state index contributed by atoms with van der Waals surface area (Å²) in [5.41, 5.74) is 2.71. The Hall–Kier alpha value is -3.24. The summed E-state index contributed by atoms with van der Waals surface area (Å²) in [5, 5.41) is 0.497. The van der Waals surface area contributed by atoms with Crippen LogP contribution in [0.2, 0.25) is 0 Å². The van der Waals surface area contributed by atoms with Crippen molar-refractivity contribution in [2.24, 2.45) is 0 Å². The average Bonchev–Trinajstić information content (AvgIpc) is 2.86. The lowest BCUT2D eigenvalue weighted by Gasteiger charge is -2.36. The highest BCUT2D eigenvalue weighted by Crippen LogP contribution is 2.31. The van der Waals surface area contributed by atoms with Gasteiger partial charge in [0.25, 0.3) is 0 Å². The van der Waals surface area contributed by atoms with Gasteiger partial charge in [-0.1, -0.05) is 6.07 Å². The van der Waals surface area contributed by atoms with Crippen LogP contribution in [0.5, 0.6) is 11.5 Å². The van der Waals surface area contributed by atoms with E-state index in [9.17, 15) is 13.2 Å². The molecule has 10 heteroatoms. The summed E-state index contributed by atoms with van der Waals surface area (Å²) in [6, 6.07) is 10.9. The Kier molecular flexibility index (Phi) is 8.05. The molecule has 0 unspecified atom stereocenters. The van der Waals surface area contributed by atoms with Crippen molar-refractivity contribution in [3.63, 3.8) is 0 Å². The van der Waals surface area contributed by atoms with Gasteiger partial charge in [0, 0.05) is 43.5 Å². The lowest BCUT2D eigenvalue weighted by Crippen LogP contribution is -2.46. The summed E-state index contributed by atoms with van der Waals surface area (Å²) in [6.45, 7) is 4.59. The molecule has 36 heavy (non-hydrogen) atoms. The summed E-state index contributed by atoms with van der Waals surface area (Å²) in [4.78, 5) is 17.7. The van der Waals surface area contributed by atoms with E-state index in [2.05, 4.69) is 14.5 Å². The van der Waals surface area contributed by atoms with Gasteiger partial charge < -0.3 is 18.8 Å². The van der Waals surface area contributed by atoms with Gasteiger partial charge in [-0.05, 0) is 50.1 Å². The van der Waals surface area contributed by atoms with Crippen LogP contribution in [0.1, 0.15) is 18.4 Å². The van der Waals surface area contributed by atoms with Crippen LogP contribution in [0.3, 0.4) is 0 Å². The molecule has 3 aromatic rings. The number of methoxy groups -OCH3 is 2. The number of ether oxygens (including phenoxy) is 2. The summed E-state index contributed by atoms with van der Waals surface area (Å²) < 4.78 is 41.9. The van der Waals surface area contributed by atoms with Crippen LogP contribution in [0.4, 0.5) is 11.4 Å². The number of nitrogens with zero attached hydrogens (tertiary/aromatic N) is 2. The van der Waals surface area contributed by atoms with Gasteiger partial charge >= 0.3 is 0 Å². The van der Waals surface area contributed by atoms with Crippen LogP contribution in [-0.4, -0.2) is 66.5 Å². The van der Waals surface area contributed by atoms with Crippen LogP contribution in [0.25, 0.3) is 11.0 Å². The van der Waals surface area contributed by atoms with Crippen molar-refractivity contribution in [2.45, 2.75) is 19.3 Å². The molecule has 4 rings (SSSR count). The lowest BCUT2D eigenvalue weighted by atomic mass is 10.1. The minimum atomic E-state index is -3.30. The maximum Gasteiger partial charge on any atom is 0.229 e. The van der Waals surface area contributed by atoms with Gasteiger partial charge in [0.1, 0.15) is 5.58 Å². The Labute approximate surface area is 211 Å². The summed E-state index contributed by atoms with van der Waals surface area (Å²) in [6.07, 6.45) is 5.24. The number of rotatable bonds is 10. The molecule has 0 spiro atoms. The minimum absolute atomic E-state index is 0.0292. The summed E-state index contributed by atoms with van der Waals surface area (Å²) >= 11 is 0. The monoisotopic (exact) mass is 515 g/mol. The number of sulfonamides is 1. The molecule has 9 nitrogen and oxygen atoms in total. The molecule has 0 aliphatic carbocycles. The molecule has 1 N–H and O–H groups in total. The molecule has 0 radical (unpaired) electrons. The molecule has 1 aliphatic rings. The third-order valence-electron chi connectivity index (χ3n) is 6.41. The first-order valence-corrected chi connectivity index (χ1v) is 13.9. The maximum absolute atomic E-state index is 13.0. The molecule has 0 saturated carbocycles. The molecule has 1 aromatic heterocycles. The summed E-state index contributed by atoms with van der Waals surface area (Å²) in [7, 11) is -0.207. The largest absolute Gasteiger partial charge is 0.493 e. The third-order valence-corrected chi connectivity index (χ3v) is 7.01. The molecule has 1 aliphatic heterocycles. The first-order valence-electron chi connectivity index (χ1n) is 12.0. The molecular formula is C26H33N3O6S. The zero-order valence-electron chi connectivity index (χ0n) is 21.0. The normalized spacial score (nSPS) is 14.7. The predicted octanol–water partition coefficient (Wildman–Crippen LogP) is 3.33.